The molecule has 0 aliphatic heterocycles. The van der Waals surface area contributed by atoms with Crippen molar-refractivity contribution in [3.63, 3.8) is 0 Å². The fourth-order valence-electron chi connectivity index (χ4n) is 2.71. The standard InChI is InChI=1S/C18H22O7S2.2Na/c1-2-3-4-5-9-14-15(11-8-13-17(14)26(19,20)21)25-16-10-6-7-12-18(16)27(22,23)24;;/h6-8,10-13H,2-5,9H2,1H3,(H,19,20,21)(H,22,23,24);;/q;2*+1/p-2. The van der Waals surface area contributed by atoms with Crippen LogP contribution in [0.25, 0.3) is 0 Å². The van der Waals surface area contributed by atoms with Gasteiger partial charge in [0.25, 0.3) is 0 Å². The number of para-hydroxylation sites is 1. The first-order valence-corrected chi connectivity index (χ1v) is 11.3. The Hall–Kier alpha value is 0.0600. The van der Waals surface area contributed by atoms with Crippen LogP contribution in [-0.4, -0.2) is 25.9 Å². The largest absolute Gasteiger partial charge is 1.00 e. The van der Waals surface area contributed by atoms with E-state index < -0.39 is 30.0 Å². The van der Waals surface area contributed by atoms with Gasteiger partial charge in [-0.15, -0.1) is 0 Å². The first-order chi connectivity index (χ1) is 12.6. The molecular weight excluding hydrogens is 438 g/mol. The van der Waals surface area contributed by atoms with Gasteiger partial charge in [-0.25, -0.2) is 16.8 Å². The van der Waals surface area contributed by atoms with E-state index in [0.717, 1.165) is 25.3 Å². The third kappa shape index (κ3) is 8.60. The molecule has 0 heterocycles. The van der Waals surface area contributed by atoms with E-state index in [9.17, 15) is 25.9 Å². The van der Waals surface area contributed by atoms with Crippen molar-refractivity contribution in [3.05, 3.63) is 48.0 Å². The summed E-state index contributed by atoms with van der Waals surface area (Å²) in [6.45, 7) is 2.03. The summed E-state index contributed by atoms with van der Waals surface area (Å²) in [5.74, 6) is -0.178. The average Bonchev–Trinajstić information content (AvgIpc) is 2.58. The van der Waals surface area contributed by atoms with Crippen LogP contribution in [0.5, 0.6) is 11.5 Å². The molecule has 0 spiro atoms. The zero-order valence-electron chi connectivity index (χ0n) is 16.8. The molecular formula is C18H20Na2O7S2. The molecule has 0 aromatic heterocycles. The van der Waals surface area contributed by atoms with E-state index in [1.54, 1.807) is 0 Å². The van der Waals surface area contributed by atoms with E-state index in [4.69, 9.17) is 4.74 Å². The Morgan fingerprint density at radius 1 is 0.759 bits per heavy atom. The Kier molecular flexibility index (Phi) is 12.8. The van der Waals surface area contributed by atoms with Crippen LogP contribution in [0.3, 0.4) is 0 Å². The smallest absolute Gasteiger partial charge is 0.744 e. The molecule has 148 valence electrons. The van der Waals surface area contributed by atoms with Crippen molar-refractivity contribution in [2.45, 2.75) is 48.8 Å². The monoisotopic (exact) mass is 458 g/mol. The number of hydrogen-bond acceptors (Lipinski definition) is 7. The quantitative estimate of drug-likeness (QED) is 0.230. The van der Waals surface area contributed by atoms with Crippen LogP contribution in [0.15, 0.2) is 52.3 Å². The molecule has 0 fully saturated rings. The van der Waals surface area contributed by atoms with Crippen molar-refractivity contribution in [2.24, 2.45) is 0 Å². The summed E-state index contributed by atoms with van der Waals surface area (Å²) in [6.07, 6.45) is 3.70. The van der Waals surface area contributed by atoms with Gasteiger partial charge in [-0.1, -0.05) is 44.4 Å². The van der Waals surface area contributed by atoms with E-state index in [1.165, 1.54) is 36.4 Å². The minimum absolute atomic E-state index is 0. The van der Waals surface area contributed by atoms with Crippen molar-refractivity contribution in [2.75, 3.05) is 0 Å². The van der Waals surface area contributed by atoms with Gasteiger partial charge in [-0.3, -0.25) is 0 Å². The molecule has 2 aromatic carbocycles. The van der Waals surface area contributed by atoms with Gasteiger partial charge >= 0.3 is 59.1 Å². The minimum Gasteiger partial charge on any atom is -0.744 e. The molecule has 0 unspecified atom stereocenters. The van der Waals surface area contributed by atoms with Gasteiger partial charge in [0.05, 0.1) is 9.79 Å². The van der Waals surface area contributed by atoms with Crippen LogP contribution in [0.4, 0.5) is 0 Å². The molecule has 0 aliphatic carbocycles. The summed E-state index contributed by atoms with van der Waals surface area (Å²) in [5.41, 5.74) is 0.182. The van der Waals surface area contributed by atoms with Gasteiger partial charge in [0.15, 0.2) is 0 Å². The van der Waals surface area contributed by atoms with E-state index in [2.05, 4.69) is 0 Å². The van der Waals surface area contributed by atoms with Gasteiger partial charge < -0.3 is 13.8 Å². The molecule has 2 rings (SSSR count). The maximum Gasteiger partial charge on any atom is 1.00 e. The predicted octanol–water partition coefficient (Wildman–Crippen LogP) is -2.58. The number of unbranched alkanes of at least 4 members (excludes halogenated alkanes) is 3. The first kappa shape index (κ1) is 29.1. The van der Waals surface area contributed by atoms with Crippen molar-refractivity contribution >= 4 is 20.2 Å². The van der Waals surface area contributed by atoms with Crippen LogP contribution in [0.1, 0.15) is 38.2 Å². The molecule has 2 aromatic rings. The zero-order valence-corrected chi connectivity index (χ0v) is 22.4. The summed E-state index contributed by atoms with van der Waals surface area (Å²) in [7, 11) is -9.52. The van der Waals surface area contributed by atoms with Crippen molar-refractivity contribution in [1.29, 1.82) is 0 Å². The van der Waals surface area contributed by atoms with Crippen LogP contribution in [-0.2, 0) is 26.7 Å². The number of hydrogen-bond donors (Lipinski definition) is 0. The number of ether oxygens (including phenoxy) is 1. The van der Waals surface area contributed by atoms with Crippen molar-refractivity contribution in [3.8, 4) is 11.5 Å². The number of rotatable bonds is 9. The molecule has 0 bridgehead atoms. The summed E-state index contributed by atoms with van der Waals surface area (Å²) < 4.78 is 74.7. The minimum atomic E-state index is -4.78. The topological polar surface area (TPSA) is 124 Å². The molecule has 7 nitrogen and oxygen atoms in total. The molecule has 0 aliphatic rings. The average molecular weight is 458 g/mol. The predicted molar refractivity (Wildman–Crippen MR) is 96.7 cm³/mol. The molecule has 29 heavy (non-hydrogen) atoms. The molecule has 11 heteroatoms. The maximum absolute atomic E-state index is 11.6. The Morgan fingerprint density at radius 2 is 1.31 bits per heavy atom. The molecule has 0 saturated heterocycles. The van der Waals surface area contributed by atoms with Gasteiger partial charge in [-0.05, 0) is 37.1 Å². The molecule has 0 radical (unpaired) electrons. The Morgan fingerprint density at radius 3 is 1.90 bits per heavy atom. The van der Waals surface area contributed by atoms with Crippen LogP contribution in [0.2, 0.25) is 0 Å². The SMILES string of the molecule is CCCCCCc1c(Oc2ccccc2S(=O)(=O)[O-])cccc1S(=O)(=O)[O-].[Na+].[Na+]. The van der Waals surface area contributed by atoms with Gasteiger partial charge in [-0.2, -0.15) is 0 Å². The van der Waals surface area contributed by atoms with E-state index in [0.29, 0.717) is 6.42 Å². The molecule has 0 saturated carbocycles. The Labute approximate surface area is 216 Å². The maximum atomic E-state index is 11.6. The summed E-state index contributed by atoms with van der Waals surface area (Å²) in [6, 6.07) is 9.24. The van der Waals surface area contributed by atoms with Crippen molar-refractivity contribution in [1.82, 2.24) is 0 Å². The normalized spacial score (nSPS) is 11.3. The number of benzene rings is 2. The van der Waals surface area contributed by atoms with Gasteiger partial charge in [0.1, 0.15) is 31.7 Å². The van der Waals surface area contributed by atoms with E-state index >= 15 is 0 Å². The second-order valence-corrected chi connectivity index (χ2v) is 8.70. The molecule has 0 amide bonds. The van der Waals surface area contributed by atoms with E-state index in [-0.39, 0.29) is 82.6 Å². The zero-order chi connectivity index (χ0) is 20.1. The fourth-order valence-corrected chi connectivity index (χ4v) is 4.06. The fraction of sp³-hybridized carbons (Fsp3) is 0.333. The second kappa shape index (κ2) is 12.8. The molecule has 0 N–H and O–H groups in total. The van der Waals surface area contributed by atoms with Crippen LogP contribution in [0, 0.1) is 0 Å². The van der Waals surface area contributed by atoms with Gasteiger partial charge in [0.2, 0.25) is 0 Å². The first-order valence-electron chi connectivity index (χ1n) is 8.45. The van der Waals surface area contributed by atoms with Crippen LogP contribution < -0.4 is 63.9 Å². The second-order valence-electron chi connectivity index (χ2n) is 6.00. The third-order valence-electron chi connectivity index (χ3n) is 3.98. The van der Waals surface area contributed by atoms with E-state index in [1.807, 2.05) is 6.92 Å². The summed E-state index contributed by atoms with van der Waals surface area (Å²) in [4.78, 5) is -0.962. The van der Waals surface area contributed by atoms with Gasteiger partial charge in [0, 0.05) is 5.56 Å². The Balaban J connectivity index is 0.00000392. The molecule has 0 atom stereocenters. The Bertz CT molecular complexity index is 1010. The summed E-state index contributed by atoms with van der Waals surface area (Å²) in [5, 5.41) is 0. The summed E-state index contributed by atoms with van der Waals surface area (Å²) >= 11 is 0. The third-order valence-corrected chi connectivity index (χ3v) is 5.78. The van der Waals surface area contributed by atoms with Crippen molar-refractivity contribution < 1.29 is 89.8 Å². The van der Waals surface area contributed by atoms with Crippen LogP contribution >= 0.6 is 0 Å².